The van der Waals surface area contributed by atoms with Crippen LogP contribution in [0, 0.1) is 0 Å². The Hall–Kier alpha value is -2.38. The molecule has 0 saturated heterocycles. The van der Waals surface area contributed by atoms with Gasteiger partial charge in [-0.1, -0.05) is 35.9 Å². The van der Waals surface area contributed by atoms with Gasteiger partial charge in [0.1, 0.15) is 0 Å². The van der Waals surface area contributed by atoms with Gasteiger partial charge >= 0.3 is 5.97 Å². The first kappa shape index (κ1) is 19.9. The molecule has 0 saturated carbocycles. The number of hydrogen-bond donors (Lipinski definition) is 1. The van der Waals surface area contributed by atoms with Gasteiger partial charge in [-0.2, -0.15) is 0 Å². The second-order valence-corrected chi connectivity index (χ2v) is 8.33. The highest BCUT2D eigenvalue weighted by Gasteiger charge is 2.20. The van der Waals surface area contributed by atoms with Crippen LogP contribution < -0.4 is 5.32 Å². The summed E-state index contributed by atoms with van der Waals surface area (Å²) in [7, 11) is -3.15. The molecule has 8 heteroatoms. The van der Waals surface area contributed by atoms with E-state index in [4.69, 9.17) is 16.3 Å². The lowest BCUT2D eigenvalue weighted by Gasteiger charge is -2.14. The van der Waals surface area contributed by atoms with Crippen LogP contribution >= 0.6 is 11.6 Å². The number of sulfone groups is 1. The van der Waals surface area contributed by atoms with Crippen LogP contribution in [0.3, 0.4) is 0 Å². The third kappa shape index (κ3) is 5.86. The van der Waals surface area contributed by atoms with E-state index >= 15 is 0 Å². The van der Waals surface area contributed by atoms with Crippen molar-refractivity contribution in [3.63, 3.8) is 0 Å². The van der Waals surface area contributed by atoms with Crippen molar-refractivity contribution < 1.29 is 22.7 Å². The molecule has 0 radical (unpaired) electrons. The molecule has 0 aliphatic rings. The number of hydrogen-bond acceptors (Lipinski definition) is 5. The molecular weight excluding hydrogens is 378 g/mol. The molecule has 26 heavy (non-hydrogen) atoms. The monoisotopic (exact) mass is 395 g/mol. The normalized spacial score (nSPS) is 12.3. The van der Waals surface area contributed by atoms with Gasteiger partial charge in [-0.25, -0.2) is 13.2 Å². The number of anilines is 1. The van der Waals surface area contributed by atoms with Crippen molar-refractivity contribution in [3.05, 3.63) is 64.7 Å². The maximum atomic E-state index is 12.1. The van der Waals surface area contributed by atoms with E-state index in [1.54, 1.807) is 24.3 Å². The number of benzene rings is 2. The van der Waals surface area contributed by atoms with Crippen LogP contribution in [0.25, 0.3) is 0 Å². The van der Waals surface area contributed by atoms with E-state index in [9.17, 15) is 18.0 Å². The maximum Gasteiger partial charge on any atom is 0.338 e. The lowest BCUT2D eigenvalue weighted by atomic mass is 10.1. The topological polar surface area (TPSA) is 89.5 Å². The molecule has 1 unspecified atom stereocenters. The quantitative estimate of drug-likeness (QED) is 0.759. The number of ether oxygens (including phenoxy) is 1. The van der Waals surface area contributed by atoms with Crippen LogP contribution in [-0.2, 0) is 25.1 Å². The summed E-state index contributed by atoms with van der Waals surface area (Å²) in [4.78, 5) is 24.3. The summed E-state index contributed by atoms with van der Waals surface area (Å²) < 4.78 is 27.7. The van der Waals surface area contributed by atoms with Gasteiger partial charge in [-0.15, -0.1) is 0 Å². The van der Waals surface area contributed by atoms with Gasteiger partial charge < -0.3 is 10.1 Å². The summed E-state index contributed by atoms with van der Waals surface area (Å²) in [6.07, 6.45) is 0.100. The first-order valence-electron chi connectivity index (χ1n) is 7.69. The van der Waals surface area contributed by atoms with E-state index in [1.165, 1.54) is 31.2 Å². The van der Waals surface area contributed by atoms with Crippen LogP contribution in [0.2, 0.25) is 5.02 Å². The minimum Gasteiger partial charge on any atom is -0.449 e. The fourth-order valence-electron chi connectivity index (χ4n) is 2.12. The Morgan fingerprint density at radius 3 is 2.31 bits per heavy atom. The summed E-state index contributed by atoms with van der Waals surface area (Å²) >= 11 is 5.97. The fourth-order valence-corrected chi connectivity index (χ4v) is 3.10. The molecule has 2 rings (SSSR count). The molecular formula is C18H18ClNO5S. The predicted octanol–water partition coefficient (Wildman–Crippen LogP) is 3.07. The number of halogens is 1. The molecule has 0 spiro atoms. The van der Waals surface area contributed by atoms with Gasteiger partial charge in [0, 0.05) is 6.26 Å². The van der Waals surface area contributed by atoms with Crippen molar-refractivity contribution in [2.75, 3.05) is 11.6 Å². The van der Waals surface area contributed by atoms with Crippen LogP contribution in [0.1, 0.15) is 22.8 Å². The smallest absolute Gasteiger partial charge is 0.338 e. The SMILES string of the molecule is CC(OC(=O)c1ccc(CS(C)(=O)=O)cc1)C(=O)Nc1ccccc1Cl. The van der Waals surface area contributed by atoms with E-state index in [1.807, 2.05) is 0 Å². The molecule has 0 aliphatic carbocycles. The molecule has 6 nitrogen and oxygen atoms in total. The van der Waals surface area contributed by atoms with Crippen molar-refractivity contribution in [3.8, 4) is 0 Å². The van der Waals surface area contributed by atoms with Crippen LogP contribution in [0.5, 0.6) is 0 Å². The van der Waals surface area contributed by atoms with E-state index < -0.39 is 27.8 Å². The second kappa shape index (κ2) is 8.33. The zero-order chi connectivity index (χ0) is 19.3. The highest BCUT2D eigenvalue weighted by Crippen LogP contribution is 2.20. The number of esters is 1. The second-order valence-electron chi connectivity index (χ2n) is 5.78. The molecule has 0 aliphatic heterocycles. The molecule has 2 aromatic carbocycles. The van der Waals surface area contributed by atoms with Crippen molar-refractivity contribution in [2.24, 2.45) is 0 Å². The molecule has 1 atom stereocenters. The largest absolute Gasteiger partial charge is 0.449 e. The molecule has 0 heterocycles. The number of carbonyl (C=O) groups excluding carboxylic acids is 2. The summed E-state index contributed by atoms with van der Waals surface area (Å²) in [6.45, 7) is 1.45. The third-order valence-corrected chi connectivity index (χ3v) is 4.59. The highest BCUT2D eigenvalue weighted by molar-refractivity contribution is 7.89. The number of nitrogens with one attached hydrogen (secondary N) is 1. The standard InChI is InChI=1S/C18H18ClNO5S/c1-12(17(21)20-16-6-4-3-5-15(16)19)25-18(22)14-9-7-13(8-10-14)11-26(2,23)24/h3-10,12H,11H2,1-2H3,(H,20,21). The van der Waals surface area contributed by atoms with Crippen molar-refractivity contribution in [2.45, 2.75) is 18.8 Å². The van der Waals surface area contributed by atoms with Crippen molar-refractivity contribution in [1.29, 1.82) is 0 Å². The van der Waals surface area contributed by atoms with Gasteiger partial charge in [0.2, 0.25) is 0 Å². The highest BCUT2D eigenvalue weighted by atomic mass is 35.5. The third-order valence-electron chi connectivity index (χ3n) is 3.40. The molecule has 0 fully saturated rings. The van der Waals surface area contributed by atoms with Crippen LogP contribution in [0.15, 0.2) is 48.5 Å². The Morgan fingerprint density at radius 1 is 1.12 bits per heavy atom. The number of rotatable bonds is 6. The Morgan fingerprint density at radius 2 is 1.73 bits per heavy atom. The van der Waals surface area contributed by atoms with E-state index in [0.29, 0.717) is 16.3 Å². The van der Waals surface area contributed by atoms with Gasteiger partial charge in [0.15, 0.2) is 15.9 Å². The minimum atomic E-state index is -3.15. The molecule has 2 aromatic rings. The molecule has 0 bridgehead atoms. The van der Waals surface area contributed by atoms with Gasteiger partial charge in [-0.3, -0.25) is 4.79 Å². The Balaban J connectivity index is 1.98. The first-order chi connectivity index (χ1) is 12.2. The molecule has 1 N–H and O–H groups in total. The zero-order valence-corrected chi connectivity index (χ0v) is 15.8. The predicted molar refractivity (Wildman–Crippen MR) is 99.9 cm³/mol. The first-order valence-corrected chi connectivity index (χ1v) is 10.1. The van der Waals surface area contributed by atoms with E-state index in [0.717, 1.165) is 6.26 Å². The summed E-state index contributed by atoms with van der Waals surface area (Å²) in [5.41, 5.74) is 1.21. The van der Waals surface area contributed by atoms with Crippen LogP contribution in [0.4, 0.5) is 5.69 Å². The van der Waals surface area contributed by atoms with Crippen LogP contribution in [-0.4, -0.2) is 32.7 Å². The van der Waals surface area contributed by atoms with Gasteiger partial charge in [-0.05, 0) is 36.8 Å². The molecule has 138 valence electrons. The Bertz CT molecular complexity index is 909. The number of para-hydroxylation sites is 1. The summed E-state index contributed by atoms with van der Waals surface area (Å²) in [5, 5.41) is 2.96. The van der Waals surface area contributed by atoms with E-state index in [-0.39, 0.29) is 11.3 Å². The fraction of sp³-hybridized carbons (Fsp3) is 0.222. The molecule has 0 aromatic heterocycles. The number of carbonyl (C=O) groups is 2. The molecule has 1 amide bonds. The van der Waals surface area contributed by atoms with Crippen molar-refractivity contribution >= 4 is 39.0 Å². The van der Waals surface area contributed by atoms with E-state index in [2.05, 4.69) is 5.32 Å². The zero-order valence-electron chi connectivity index (χ0n) is 14.2. The Labute approximate surface area is 157 Å². The Kier molecular flexibility index (Phi) is 6.39. The maximum absolute atomic E-state index is 12.1. The van der Waals surface area contributed by atoms with Crippen molar-refractivity contribution in [1.82, 2.24) is 0 Å². The minimum absolute atomic E-state index is 0.112. The average molecular weight is 396 g/mol. The summed E-state index contributed by atoms with van der Waals surface area (Å²) in [6, 6.07) is 12.7. The van der Waals surface area contributed by atoms with Gasteiger partial charge in [0.05, 0.1) is 22.0 Å². The van der Waals surface area contributed by atoms with Gasteiger partial charge in [0.25, 0.3) is 5.91 Å². The number of amides is 1. The lowest BCUT2D eigenvalue weighted by molar-refractivity contribution is -0.123. The average Bonchev–Trinajstić information content (AvgIpc) is 2.56. The summed E-state index contributed by atoms with van der Waals surface area (Å²) in [5.74, 6) is -1.31. The lowest BCUT2D eigenvalue weighted by Crippen LogP contribution is -2.30.